The van der Waals surface area contributed by atoms with Gasteiger partial charge in [-0.2, -0.15) is 0 Å². The number of sulfonamides is 1. The number of carboxylic acid groups (broad SMARTS) is 1. The number of nitrogens with zero attached hydrogens (tertiary/aromatic N) is 1. The molecule has 0 spiro atoms. The van der Waals surface area contributed by atoms with Gasteiger partial charge in [-0.3, -0.25) is 4.79 Å². The summed E-state index contributed by atoms with van der Waals surface area (Å²) in [6, 6.07) is 1.18. The van der Waals surface area contributed by atoms with E-state index >= 15 is 0 Å². The zero-order chi connectivity index (χ0) is 16.3. The molecule has 1 saturated heterocycles. The third-order valence-corrected chi connectivity index (χ3v) is 5.39. The molecule has 2 heterocycles. The SMILES string of the molecule is CCc1oc(C(=O)NCCN2CCCS2(=O)=O)cc1C(=O)O. The molecule has 0 radical (unpaired) electrons. The van der Waals surface area contributed by atoms with Gasteiger partial charge in [0, 0.05) is 32.1 Å². The third kappa shape index (κ3) is 3.47. The van der Waals surface area contributed by atoms with Crippen molar-refractivity contribution in [2.24, 2.45) is 0 Å². The molecule has 1 aliphatic rings. The minimum atomic E-state index is -3.19. The molecule has 22 heavy (non-hydrogen) atoms. The van der Waals surface area contributed by atoms with Crippen LogP contribution in [0.5, 0.6) is 0 Å². The van der Waals surface area contributed by atoms with Crippen molar-refractivity contribution in [1.82, 2.24) is 9.62 Å². The first-order valence-electron chi connectivity index (χ1n) is 6.97. The number of amides is 1. The molecule has 1 aliphatic heterocycles. The van der Waals surface area contributed by atoms with Crippen molar-refractivity contribution in [1.29, 1.82) is 0 Å². The monoisotopic (exact) mass is 330 g/mol. The van der Waals surface area contributed by atoms with Gasteiger partial charge in [0.2, 0.25) is 10.0 Å². The van der Waals surface area contributed by atoms with Crippen LogP contribution in [-0.4, -0.2) is 55.1 Å². The number of aryl methyl sites for hydroxylation is 1. The summed E-state index contributed by atoms with van der Waals surface area (Å²) in [6.07, 6.45) is 0.956. The van der Waals surface area contributed by atoms with Gasteiger partial charge in [0.25, 0.3) is 5.91 Å². The Hall–Kier alpha value is -1.87. The quantitative estimate of drug-likeness (QED) is 0.775. The Morgan fingerprint density at radius 3 is 2.68 bits per heavy atom. The van der Waals surface area contributed by atoms with E-state index in [-0.39, 0.29) is 35.9 Å². The normalized spacial score (nSPS) is 17.5. The van der Waals surface area contributed by atoms with Crippen molar-refractivity contribution < 1.29 is 27.5 Å². The summed E-state index contributed by atoms with van der Waals surface area (Å²) in [5, 5.41) is 11.5. The lowest BCUT2D eigenvalue weighted by Crippen LogP contribution is -2.35. The lowest BCUT2D eigenvalue weighted by atomic mass is 10.2. The molecule has 2 rings (SSSR count). The van der Waals surface area contributed by atoms with Crippen LogP contribution in [0.2, 0.25) is 0 Å². The van der Waals surface area contributed by atoms with E-state index in [2.05, 4.69) is 5.32 Å². The van der Waals surface area contributed by atoms with Crippen LogP contribution in [0.3, 0.4) is 0 Å². The summed E-state index contributed by atoms with van der Waals surface area (Å²) in [6.45, 7) is 2.52. The first-order chi connectivity index (χ1) is 10.3. The van der Waals surface area contributed by atoms with E-state index in [1.807, 2.05) is 0 Å². The Morgan fingerprint density at radius 2 is 2.18 bits per heavy atom. The minimum absolute atomic E-state index is 0.0326. The van der Waals surface area contributed by atoms with Crippen molar-refractivity contribution in [3.8, 4) is 0 Å². The van der Waals surface area contributed by atoms with Crippen molar-refractivity contribution in [2.45, 2.75) is 19.8 Å². The zero-order valence-electron chi connectivity index (χ0n) is 12.2. The van der Waals surface area contributed by atoms with Crippen molar-refractivity contribution in [3.05, 3.63) is 23.2 Å². The van der Waals surface area contributed by atoms with Gasteiger partial charge in [-0.05, 0) is 6.42 Å². The predicted molar refractivity (Wildman–Crippen MR) is 77.4 cm³/mol. The molecule has 0 bridgehead atoms. The maximum atomic E-state index is 11.9. The maximum Gasteiger partial charge on any atom is 0.339 e. The van der Waals surface area contributed by atoms with E-state index in [0.29, 0.717) is 19.4 Å². The third-order valence-electron chi connectivity index (χ3n) is 3.43. The first-order valence-corrected chi connectivity index (χ1v) is 8.58. The van der Waals surface area contributed by atoms with Gasteiger partial charge in [-0.15, -0.1) is 0 Å². The average Bonchev–Trinajstić information content (AvgIpc) is 3.02. The number of carboxylic acids is 1. The van der Waals surface area contributed by atoms with Crippen LogP contribution < -0.4 is 5.32 Å². The van der Waals surface area contributed by atoms with Gasteiger partial charge in [-0.1, -0.05) is 6.92 Å². The lowest BCUT2D eigenvalue weighted by molar-refractivity contribution is 0.0694. The molecule has 8 nitrogen and oxygen atoms in total. The average molecular weight is 330 g/mol. The Balaban J connectivity index is 1.94. The lowest BCUT2D eigenvalue weighted by Gasteiger charge is -2.13. The molecule has 0 atom stereocenters. The number of carbonyl (C=O) groups is 2. The van der Waals surface area contributed by atoms with E-state index in [1.165, 1.54) is 10.4 Å². The van der Waals surface area contributed by atoms with Gasteiger partial charge in [0.05, 0.1) is 5.75 Å². The fourth-order valence-electron chi connectivity index (χ4n) is 2.31. The number of hydrogen-bond acceptors (Lipinski definition) is 5. The smallest absolute Gasteiger partial charge is 0.339 e. The van der Waals surface area contributed by atoms with Crippen LogP contribution >= 0.6 is 0 Å². The molecule has 122 valence electrons. The Bertz CT molecular complexity index is 679. The summed E-state index contributed by atoms with van der Waals surface area (Å²) >= 11 is 0. The van der Waals surface area contributed by atoms with Crippen molar-refractivity contribution in [3.63, 3.8) is 0 Å². The standard InChI is InChI=1S/C13H18N2O6S/c1-2-10-9(13(17)18)8-11(21-10)12(16)14-4-6-15-5-3-7-22(15,19)20/h8H,2-7H2,1H3,(H,14,16)(H,17,18). The van der Waals surface area contributed by atoms with E-state index in [9.17, 15) is 18.0 Å². The number of rotatable bonds is 6. The number of carbonyl (C=O) groups excluding carboxylic acids is 1. The van der Waals surface area contributed by atoms with Crippen LogP contribution in [0.15, 0.2) is 10.5 Å². The Labute approximate surface area is 128 Å². The van der Waals surface area contributed by atoms with Gasteiger partial charge in [0.1, 0.15) is 11.3 Å². The molecule has 1 fully saturated rings. The largest absolute Gasteiger partial charge is 0.478 e. The van der Waals surface area contributed by atoms with Crippen molar-refractivity contribution >= 4 is 21.9 Å². The van der Waals surface area contributed by atoms with Gasteiger partial charge >= 0.3 is 5.97 Å². The predicted octanol–water partition coefficient (Wildman–Crippen LogP) is 0.305. The highest BCUT2D eigenvalue weighted by molar-refractivity contribution is 7.89. The summed E-state index contributed by atoms with van der Waals surface area (Å²) in [5.41, 5.74) is -0.0326. The van der Waals surface area contributed by atoms with Gasteiger partial charge in [0.15, 0.2) is 5.76 Å². The summed E-state index contributed by atoms with van der Waals surface area (Å²) in [4.78, 5) is 22.9. The first kappa shape index (κ1) is 16.5. The highest BCUT2D eigenvalue weighted by atomic mass is 32.2. The topological polar surface area (TPSA) is 117 Å². The molecule has 0 saturated carbocycles. The number of hydrogen-bond donors (Lipinski definition) is 2. The molecule has 1 aromatic heterocycles. The van der Waals surface area contributed by atoms with Crippen LogP contribution in [0.25, 0.3) is 0 Å². The van der Waals surface area contributed by atoms with E-state index in [1.54, 1.807) is 6.92 Å². The molecule has 2 N–H and O–H groups in total. The van der Waals surface area contributed by atoms with Crippen LogP contribution in [0, 0.1) is 0 Å². The Morgan fingerprint density at radius 1 is 1.45 bits per heavy atom. The molecule has 1 amide bonds. The van der Waals surface area contributed by atoms with Gasteiger partial charge in [-0.25, -0.2) is 17.5 Å². The van der Waals surface area contributed by atoms with Gasteiger partial charge < -0.3 is 14.8 Å². The number of aromatic carboxylic acids is 1. The van der Waals surface area contributed by atoms with Crippen molar-refractivity contribution in [2.75, 3.05) is 25.4 Å². The van der Waals surface area contributed by atoms with Crippen LogP contribution in [0.1, 0.15) is 40.0 Å². The summed E-state index contributed by atoms with van der Waals surface area (Å²) in [5.74, 6) is -1.42. The molecular formula is C13H18N2O6S. The summed E-state index contributed by atoms with van der Waals surface area (Å²) < 4.78 is 29.8. The molecule has 1 aromatic rings. The number of nitrogens with one attached hydrogen (secondary N) is 1. The molecule has 0 aromatic carbocycles. The minimum Gasteiger partial charge on any atom is -0.478 e. The second-order valence-electron chi connectivity index (χ2n) is 4.93. The molecule has 9 heteroatoms. The maximum absolute atomic E-state index is 11.9. The molecule has 0 aliphatic carbocycles. The second kappa shape index (κ2) is 6.49. The van der Waals surface area contributed by atoms with Crippen LogP contribution in [-0.2, 0) is 16.4 Å². The number of furan rings is 1. The Kier molecular flexibility index (Phi) is 4.87. The van der Waals surface area contributed by atoms with E-state index in [4.69, 9.17) is 9.52 Å². The second-order valence-corrected chi connectivity index (χ2v) is 7.02. The highest BCUT2D eigenvalue weighted by Gasteiger charge is 2.27. The highest BCUT2D eigenvalue weighted by Crippen LogP contribution is 2.16. The fraction of sp³-hybridized carbons (Fsp3) is 0.538. The fourth-order valence-corrected chi connectivity index (χ4v) is 3.84. The zero-order valence-corrected chi connectivity index (χ0v) is 13.0. The summed E-state index contributed by atoms with van der Waals surface area (Å²) in [7, 11) is -3.19. The molecule has 0 unspecified atom stereocenters. The van der Waals surface area contributed by atoms with Crippen LogP contribution in [0.4, 0.5) is 0 Å². The van der Waals surface area contributed by atoms with E-state index in [0.717, 1.165) is 0 Å². The molecular weight excluding hydrogens is 312 g/mol. The van der Waals surface area contributed by atoms with E-state index < -0.39 is 21.9 Å².